The number of nitrogens with two attached hydrogens (primary N) is 1. The van der Waals surface area contributed by atoms with E-state index in [-0.39, 0.29) is 6.26 Å². The maximum absolute atomic E-state index is 13.3. The molecule has 0 amide bonds. The number of aromatic nitrogens is 2. The Kier molecular flexibility index (Phi) is 5.65. The van der Waals surface area contributed by atoms with E-state index in [2.05, 4.69) is 5.10 Å². The van der Waals surface area contributed by atoms with Gasteiger partial charge in [-0.25, -0.2) is 13.1 Å². The number of nitriles is 1. The van der Waals surface area contributed by atoms with Gasteiger partial charge in [-0.2, -0.15) is 27.8 Å². The smallest absolute Gasteiger partial charge is 0.382 e. The normalized spacial score (nSPS) is 12.7. The van der Waals surface area contributed by atoms with Gasteiger partial charge in [0.05, 0.1) is 21.9 Å². The maximum Gasteiger partial charge on any atom is 0.498 e. The van der Waals surface area contributed by atoms with Crippen LogP contribution >= 0.6 is 23.2 Å². The van der Waals surface area contributed by atoms with E-state index >= 15 is 0 Å². The van der Waals surface area contributed by atoms with Crippen molar-refractivity contribution in [3.05, 3.63) is 33.4 Å². The van der Waals surface area contributed by atoms with Crippen LogP contribution in [0.25, 0.3) is 5.69 Å². The largest absolute Gasteiger partial charge is 0.498 e. The molecule has 0 aliphatic rings. The first-order valence-electron chi connectivity index (χ1n) is 6.92. The van der Waals surface area contributed by atoms with Crippen LogP contribution in [0.5, 0.6) is 0 Å². The molecule has 0 unspecified atom stereocenters. The van der Waals surface area contributed by atoms with Crippen molar-refractivity contribution < 1.29 is 34.8 Å². The van der Waals surface area contributed by atoms with Crippen molar-refractivity contribution in [3.8, 4) is 11.8 Å². The van der Waals surface area contributed by atoms with Crippen molar-refractivity contribution in [3.63, 3.8) is 0 Å². The van der Waals surface area contributed by atoms with E-state index in [1.165, 1.54) is 6.07 Å². The van der Waals surface area contributed by atoms with Gasteiger partial charge < -0.3 is 5.73 Å². The molecule has 1 aromatic carbocycles. The second-order valence-corrected chi connectivity index (χ2v) is 8.03. The summed E-state index contributed by atoms with van der Waals surface area (Å²) in [5.41, 5.74) is 1.28. The highest BCUT2D eigenvalue weighted by atomic mass is 35.5. The SMILES string of the molecule is CS(=O)(=O)N(c1c(C#N)nn(-c2c(Cl)cc(C(F)(F)F)cc2Cl)c1N)C(F)(F)F. The summed E-state index contributed by atoms with van der Waals surface area (Å²) in [5.74, 6) is -1.05. The van der Waals surface area contributed by atoms with Gasteiger partial charge in [-0.15, -0.1) is 13.2 Å². The number of halogens is 8. The number of sulfonamides is 1. The Labute approximate surface area is 168 Å². The first-order valence-corrected chi connectivity index (χ1v) is 9.53. The third-order valence-electron chi connectivity index (χ3n) is 3.32. The van der Waals surface area contributed by atoms with E-state index in [4.69, 9.17) is 34.2 Å². The molecule has 1 aromatic heterocycles. The number of anilines is 2. The Morgan fingerprint density at radius 2 is 1.66 bits per heavy atom. The van der Waals surface area contributed by atoms with Gasteiger partial charge in [-0.3, -0.25) is 0 Å². The molecule has 0 bridgehead atoms. The van der Waals surface area contributed by atoms with Crippen molar-refractivity contribution in [2.45, 2.75) is 12.5 Å². The number of hydrogen-bond donors (Lipinski definition) is 1. The number of rotatable bonds is 3. The highest BCUT2D eigenvalue weighted by Gasteiger charge is 2.47. The van der Waals surface area contributed by atoms with E-state index < -0.39 is 65.3 Å². The van der Waals surface area contributed by atoms with Crippen LogP contribution < -0.4 is 10.0 Å². The van der Waals surface area contributed by atoms with Crippen LogP contribution in [-0.2, 0) is 16.2 Å². The minimum Gasteiger partial charge on any atom is -0.382 e. The average molecular weight is 482 g/mol. The molecule has 0 atom stereocenters. The molecule has 0 spiro atoms. The molecule has 29 heavy (non-hydrogen) atoms. The average Bonchev–Trinajstić information content (AvgIpc) is 2.80. The fourth-order valence-corrected chi connectivity index (χ4v) is 3.82. The Balaban J connectivity index is 2.85. The van der Waals surface area contributed by atoms with E-state index in [9.17, 15) is 34.8 Å². The summed E-state index contributed by atoms with van der Waals surface area (Å²) < 4.78 is 101. The lowest BCUT2D eigenvalue weighted by molar-refractivity contribution is -0.137. The molecule has 158 valence electrons. The monoisotopic (exact) mass is 481 g/mol. The fourth-order valence-electron chi connectivity index (χ4n) is 2.28. The molecule has 0 aliphatic carbocycles. The third-order valence-corrected chi connectivity index (χ3v) is 4.95. The Bertz CT molecular complexity index is 1100. The molecule has 2 aromatic rings. The molecule has 0 fully saturated rings. The Morgan fingerprint density at radius 3 is 2.00 bits per heavy atom. The highest BCUT2D eigenvalue weighted by Crippen LogP contribution is 2.42. The fraction of sp³-hybridized carbons (Fsp3) is 0.231. The van der Waals surface area contributed by atoms with Crippen molar-refractivity contribution in [2.75, 3.05) is 16.3 Å². The number of hydrogen-bond acceptors (Lipinski definition) is 5. The molecule has 0 radical (unpaired) electrons. The first-order chi connectivity index (χ1) is 13.0. The molecular formula is C13H7Cl2F6N5O2S. The minimum atomic E-state index is -5.53. The zero-order valence-electron chi connectivity index (χ0n) is 13.8. The van der Waals surface area contributed by atoms with Crippen LogP contribution in [0.1, 0.15) is 11.3 Å². The second-order valence-electron chi connectivity index (χ2n) is 5.39. The van der Waals surface area contributed by atoms with Gasteiger partial charge in [0.1, 0.15) is 17.4 Å². The van der Waals surface area contributed by atoms with Crippen molar-refractivity contribution in [2.24, 2.45) is 0 Å². The minimum absolute atomic E-state index is 0.205. The predicted octanol–water partition coefficient (Wildman–Crippen LogP) is 3.94. The number of benzene rings is 1. The quantitative estimate of drug-likeness (QED) is 0.527. The Hall–Kier alpha value is -2.37. The summed E-state index contributed by atoms with van der Waals surface area (Å²) in [6, 6.07) is 2.06. The lowest BCUT2D eigenvalue weighted by atomic mass is 10.2. The van der Waals surface area contributed by atoms with Crippen molar-refractivity contribution in [1.82, 2.24) is 9.78 Å². The Morgan fingerprint density at radius 1 is 1.17 bits per heavy atom. The van der Waals surface area contributed by atoms with Crippen LogP contribution in [0.3, 0.4) is 0 Å². The molecule has 7 nitrogen and oxygen atoms in total. The summed E-state index contributed by atoms with van der Waals surface area (Å²) in [7, 11) is -5.04. The number of alkyl halides is 6. The lowest BCUT2D eigenvalue weighted by Gasteiger charge is -2.24. The van der Waals surface area contributed by atoms with E-state index in [0.29, 0.717) is 16.8 Å². The molecule has 16 heteroatoms. The topological polar surface area (TPSA) is 105 Å². The van der Waals surface area contributed by atoms with Crippen LogP contribution in [0.4, 0.5) is 37.8 Å². The highest BCUT2D eigenvalue weighted by molar-refractivity contribution is 7.92. The molecule has 0 saturated heterocycles. The molecule has 1 heterocycles. The predicted molar refractivity (Wildman–Crippen MR) is 91.1 cm³/mol. The van der Waals surface area contributed by atoms with Crippen LogP contribution in [0, 0.1) is 11.3 Å². The van der Waals surface area contributed by atoms with Crippen molar-refractivity contribution in [1.29, 1.82) is 5.26 Å². The number of nitrogen functional groups attached to an aromatic ring is 1. The lowest BCUT2D eigenvalue weighted by Crippen LogP contribution is -2.43. The molecule has 0 saturated carbocycles. The molecule has 2 N–H and O–H groups in total. The van der Waals surface area contributed by atoms with Gasteiger partial charge >= 0.3 is 12.5 Å². The summed E-state index contributed by atoms with van der Waals surface area (Å²) in [4.78, 5) is 0. The third kappa shape index (κ3) is 4.31. The van der Waals surface area contributed by atoms with Gasteiger partial charge in [0.2, 0.25) is 10.0 Å². The summed E-state index contributed by atoms with van der Waals surface area (Å²) in [5, 5.41) is 11.1. The van der Waals surface area contributed by atoms with Gasteiger partial charge in [0, 0.05) is 0 Å². The van der Waals surface area contributed by atoms with Crippen molar-refractivity contribution >= 4 is 44.7 Å². The maximum atomic E-state index is 13.3. The molecule has 2 rings (SSSR count). The summed E-state index contributed by atoms with van der Waals surface area (Å²) in [6.45, 7) is 0. The van der Waals surface area contributed by atoms with Gasteiger partial charge in [-0.1, -0.05) is 23.2 Å². The van der Waals surface area contributed by atoms with Gasteiger partial charge in [0.15, 0.2) is 11.5 Å². The molecular weight excluding hydrogens is 475 g/mol. The number of nitrogens with zero attached hydrogens (tertiary/aromatic N) is 4. The van der Waals surface area contributed by atoms with Crippen LogP contribution in [-0.4, -0.2) is 30.8 Å². The first kappa shape index (κ1) is 22.9. The summed E-state index contributed by atoms with van der Waals surface area (Å²) >= 11 is 11.5. The second kappa shape index (κ2) is 7.15. The van der Waals surface area contributed by atoms with Gasteiger partial charge in [-0.05, 0) is 12.1 Å². The zero-order chi connectivity index (χ0) is 22.5. The molecule has 0 aliphatic heterocycles. The van der Waals surface area contributed by atoms with Crippen LogP contribution in [0.15, 0.2) is 12.1 Å². The van der Waals surface area contributed by atoms with E-state index in [1.54, 1.807) is 0 Å². The standard InChI is InChI=1S/C13H7Cl2F6N5O2S/c1-29(27,28)26(13(19,20)21)10-8(4-22)24-25(11(10)23)9-6(14)2-5(3-7(9)15)12(16,17)18/h2-3H,23H2,1H3. The van der Waals surface area contributed by atoms with E-state index in [0.717, 1.165) is 0 Å². The van der Waals surface area contributed by atoms with Gasteiger partial charge in [0.25, 0.3) is 0 Å². The van der Waals surface area contributed by atoms with E-state index in [1.807, 2.05) is 0 Å². The van der Waals surface area contributed by atoms with Crippen LogP contribution in [0.2, 0.25) is 10.0 Å². The summed E-state index contributed by atoms with van der Waals surface area (Å²) in [6.07, 6.45) is -10.2. The zero-order valence-corrected chi connectivity index (χ0v) is 16.1.